The van der Waals surface area contributed by atoms with E-state index in [9.17, 15) is 0 Å². The lowest BCUT2D eigenvalue weighted by Crippen LogP contribution is -2.15. The summed E-state index contributed by atoms with van der Waals surface area (Å²) in [5, 5.41) is 0. The summed E-state index contributed by atoms with van der Waals surface area (Å²) in [7, 11) is 0. The lowest BCUT2D eigenvalue weighted by atomic mass is 9.95. The molecule has 2 rings (SSSR count). The number of hydrogen-bond acceptors (Lipinski definition) is 0. The molecule has 2 fully saturated rings. The molecule has 0 aliphatic heterocycles. The van der Waals surface area contributed by atoms with Gasteiger partial charge in [-0.1, -0.05) is 29.5 Å². The molecule has 2 aliphatic carbocycles. The summed E-state index contributed by atoms with van der Waals surface area (Å²) in [4.78, 5) is 0. The van der Waals surface area contributed by atoms with E-state index in [1.54, 1.807) is 25.7 Å². The molecule has 0 saturated heterocycles. The molecule has 2 saturated carbocycles. The minimum absolute atomic E-state index is 0.928. The Kier molecular flexibility index (Phi) is 1.96. The fraction of sp³-hybridized carbons (Fsp3) is 1.00. The lowest BCUT2D eigenvalue weighted by molar-refractivity contribution is 0.413. The van der Waals surface area contributed by atoms with Crippen molar-refractivity contribution in [3.8, 4) is 0 Å². The Hall–Kier alpha value is 0.730. The molecule has 0 aromatic rings. The van der Waals surface area contributed by atoms with Crippen LogP contribution in [0.4, 0.5) is 0 Å². The molecular weight excluding hydrogens is 235 g/mol. The molecule has 0 nitrogen and oxygen atoms in total. The molecule has 1 heteroatoms. The highest BCUT2D eigenvalue weighted by molar-refractivity contribution is 14.1. The van der Waals surface area contributed by atoms with Gasteiger partial charge in [0.15, 0.2) is 0 Å². The second kappa shape index (κ2) is 2.65. The molecule has 0 aromatic heterocycles. The maximum Gasteiger partial charge on any atom is 0.0115 e. The van der Waals surface area contributed by atoms with E-state index >= 15 is 0 Å². The molecule has 1 unspecified atom stereocenters. The van der Waals surface area contributed by atoms with Gasteiger partial charge < -0.3 is 0 Å². The molecule has 2 bridgehead atoms. The van der Waals surface area contributed by atoms with E-state index in [0.717, 1.165) is 21.7 Å². The van der Waals surface area contributed by atoms with Gasteiger partial charge in [0.05, 0.1) is 0 Å². The van der Waals surface area contributed by atoms with Crippen molar-refractivity contribution in [3.63, 3.8) is 0 Å². The van der Waals surface area contributed by atoms with E-state index in [4.69, 9.17) is 0 Å². The number of alkyl halides is 1. The first-order chi connectivity index (χ1) is 4.79. The highest BCUT2D eigenvalue weighted by Crippen LogP contribution is 2.52. The standard InChI is InChI=1S/C9H15I/c1-6(10)9-7-2-3-8(9)5-4-7/h6-9H,2-5H2,1H3. The van der Waals surface area contributed by atoms with Crippen LogP contribution in [0.5, 0.6) is 0 Å². The van der Waals surface area contributed by atoms with E-state index in [0.29, 0.717) is 0 Å². The largest absolute Gasteiger partial charge is 0.0826 e. The van der Waals surface area contributed by atoms with Gasteiger partial charge in [0, 0.05) is 3.92 Å². The molecule has 0 N–H and O–H groups in total. The molecule has 0 heterocycles. The quantitative estimate of drug-likeness (QED) is 0.495. The smallest absolute Gasteiger partial charge is 0.0115 e. The zero-order valence-corrected chi connectivity index (χ0v) is 8.67. The summed E-state index contributed by atoms with van der Waals surface area (Å²) >= 11 is 2.61. The molecule has 0 aromatic carbocycles. The Balaban J connectivity index is 2.09. The van der Waals surface area contributed by atoms with Gasteiger partial charge in [0.2, 0.25) is 0 Å². The predicted molar refractivity (Wildman–Crippen MR) is 52.4 cm³/mol. The third-order valence-corrected chi connectivity index (χ3v) is 4.27. The Morgan fingerprint density at radius 2 is 1.50 bits per heavy atom. The zero-order chi connectivity index (χ0) is 7.14. The van der Waals surface area contributed by atoms with Crippen molar-refractivity contribution in [1.29, 1.82) is 0 Å². The van der Waals surface area contributed by atoms with Crippen LogP contribution in [0, 0.1) is 17.8 Å². The lowest BCUT2D eigenvalue weighted by Gasteiger charge is -2.17. The molecular formula is C9H15I. The van der Waals surface area contributed by atoms with Gasteiger partial charge >= 0.3 is 0 Å². The van der Waals surface area contributed by atoms with Crippen molar-refractivity contribution in [2.45, 2.75) is 36.5 Å². The van der Waals surface area contributed by atoms with Crippen molar-refractivity contribution in [2.24, 2.45) is 17.8 Å². The highest BCUT2D eigenvalue weighted by Gasteiger charge is 2.43. The van der Waals surface area contributed by atoms with Gasteiger partial charge in [0.1, 0.15) is 0 Å². The maximum atomic E-state index is 2.61. The van der Waals surface area contributed by atoms with E-state index in [1.807, 2.05) is 0 Å². The average Bonchev–Trinajstić information content (AvgIpc) is 2.43. The van der Waals surface area contributed by atoms with Gasteiger partial charge in [-0.2, -0.15) is 0 Å². The zero-order valence-electron chi connectivity index (χ0n) is 6.52. The molecule has 58 valence electrons. The predicted octanol–water partition coefficient (Wildman–Crippen LogP) is 3.25. The molecule has 10 heavy (non-hydrogen) atoms. The SMILES string of the molecule is CC(I)C1C2CCC1CC2. The Morgan fingerprint density at radius 1 is 1.10 bits per heavy atom. The van der Waals surface area contributed by atoms with Crippen LogP contribution in [0.25, 0.3) is 0 Å². The summed E-state index contributed by atoms with van der Waals surface area (Å²) in [6, 6.07) is 0. The number of hydrogen-bond donors (Lipinski definition) is 0. The first kappa shape index (κ1) is 7.38. The van der Waals surface area contributed by atoms with Gasteiger partial charge in [-0.05, 0) is 43.4 Å². The van der Waals surface area contributed by atoms with Crippen LogP contribution in [0.15, 0.2) is 0 Å². The van der Waals surface area contributed by atoms with Crippen molar-refractivity contribution in [1.82, 2.24) is 0 Å². The summed E-state index contributed by atoms with van der Waals surface area (Å²) in [6.07, 6.45) is 6.18. The summed E-state index contributed by atoms with van der Waals surface area (Å²) in [5.41, 5.74) is 0. The van der Waals surface area contributed by atoms with Crippen LogP contribution >= 0.6 is 22.6 Å². The average molecular weight is 250 g/mol. The monoisotopic (exact) mass is 250 g/mol. The van der Waals surface area contributed by atoms with Crippen LogP contribution in [-0.4, -0.2) is 3.92 Å². The van der Waals surface area contributed by atoms with Crippen LogP contribution in [0.1, 0.15) is 32.6 Å². The van der Waals surface area contributed by atoms with Crippen molar-refractivity contribution in [3.05, 3.63) is 0 Å². The van der Waals surface area contributed by atoms with E-state index < -0.39 is 0 Å². The second-order valence-corrected chi connectivity index (χ2v) is 5.89. The minimum atomic E-state index is 0.928. The van der Waals surface area contributed by atoms with Gasteiger partial charge in [0.25, 0.3) is 0 Å². The first-order valence-electron chi connectivity index (χ1n) is 4.43. The molecule has 0 spiro atoms. The number of fused-ring (bicyclic) bond motifs is 2. The van der Waals surface area contributed by atoms with Crippen LogP contribution in [0.2, 0.25) is 0 Å². The third-order valence-electron chi connectivity index (χ3n) is 3.44. The molecule has 0 radical (unpaired) electrons. The van der Waals surface area contributed by atoms with E-state index in [-0.39, 0.29) is 0 Å². The fourth-order valence-electron chi connectivity index (χ4n) is 3.05. The summed E-state index contributed by atoms with van der Waals surface area (Å²) < 4.78 is 0.928. The van der Waals surface area contributed by atoms with E-state index in [1.165, 1.54) is 0 Å². The van der Waals surface area contributed by atoms with Crippen LogP contribution in [-0.2, 0) is 0 Å². The van der Waals surface area contributed by atoms with E-state index in [2.05, 4.69) is 29.5 Å². The number of rotatable bonds is 1. The Labute approximate surface area is 76.9 Å². The summed E-state index contributed by atoms with van der Waals surface area (Å²) in [5.74, 6) is 3.34. The van der Waals surface area contributed by atoms with Crippen LogP contribution < -0.4 is 0 Å². The second-order valence-electron chi connectivity index (χ2n) is 3.93. The first-order valence-corrected chi connectivity index (χ1v) is 5.67. The Bertz CT molecular complexity index is 111. The highest BCUT2D eigenvalue weighted by atomic mass is 127. The van der Waals surface area contributed by atoms with Crippen molar-refractivity contribution in [2.75, 3.05) is 0 Å². The normalized spacial score (nSPS) is 48.0. The minimum Gasteiger partial charge on any atom is -0.0826 e. The van der Waals surface area contributed by atoms with Gasteiger partial charge in [-0.25, -0.2) is 0 Å². The molecule has 2 aliphatic rings. The van der Waals surface area contributed by atoms with Crippen molar-refractivity contribution >= 4 is 22.6 Å². The third kappa shape index (κ3) is 1.01. The molecule has 0 amide bonds. The van der Waals surface area contributed by atoms with Gasteiger partial charge in [-0.15, -0.1) is 0 Å². The fourth-order valence-corrected chi connectivity index (χ4v) is 4.22. The topological polar surface area (TPSA) is 0 Å². The summed E-state index contributed by atoms with van der Waals surface area (Å²) in [6.45, 7) is 2.39. The number of halogens is 1. The Morgan fingerprint density at radius 3 is 1.70 bits per heavy atom. The van der Waals surface area contributed by atoms with Gasteiger partial charge in [-0.3, -0.25) is 0 Å². The molecule has 1 atom stereocenters. The maximum absolute atomic E-state index is 2.61. The van der Waals surface area contributed by atoms with Crippen LogP contribution in [0.3, 0.4) is 0 Å². The van der Waals surface area contributed by atoms with Crippen molar-refractivity contribution < 1.29 is 0 Å².